The van der Waals surface area contributed by atoms with Crippen LogP contribution in [-0.4, -0.2) is 43.2 Å². The molecular formula is C23H23FN6O2. The summed E-state index contributed by atoms with van der Waals surface area (Å²) in [5.41, 5.74) is 1.87. The maximum absolute atomic E-state index is 13.1. The molecule has 1 fully saturated rings. The van der Waals surface area contributed by atoms with Gasteiger partial charge >= 0.3 is 0 Å². The van der Waals surface area contributed by atoms with Crippen LogP contribution in [0.1, 0.15) is 63.2 Å². The zero-order valence-electron chi connectivity index (χ0n) is 17.7. The second-order valence-corrected chi connectivity index (χ2v) is 7.63. The number of carbonyl (C=O) groups is 2. The molecule has 1 aliphatic heterocycles. The molecule has 0 unspecified atom stereocenters. The molecular weight excluding hydrogens is 411 g/mol. The van der Waals surface area contributed by atoms with E-state index in [0.717, 1.165) is 18.4 Å². The molecule has 2 amide bonds. The van der Waals surface area contributed by atoms with Gasteiger partial charge < -0.3 is 10.2 Å². The first-order valence-electron chi connectivity index (χ1n) is 10.5. The fourth-order valence-corrected chi connectivity index (χ4v) is 3.81. The maximum Gasteiger partial charge on any atom is 0.274 e. The summed E-state index contributed by atoms with van der Waals surface area (Å²) in [5, 5.41) is 2.84. The van der Waals surface area contributed by atoms with Gasteiger partial charge in [0.25, 0.3) is 11.8 Å². The number of hydrogen-bond acceptors (Lipinski definition) is 6. The Labute approximate surface area is 185 Å². The van der Waals surface area contributed by atoms with Crippen molar-refractivity contribution in [2.75, 3.05) is 6.54 Å². The highest BCUT2D eigenvalue weighted by atomic mass is 19.1. The number of aromatic nitrogens is 4. The quantitative estimate of drug-likeness (QED) is 0.663. The summed E-state index contributed by atoms with van der Waals surface area (Å²) >= 11 is 0. The second-order valence-electron chi connectivity index (χ2n) is 7.63. The molecule has 3 heterocycles. The van der Waals surface area contributed by atoms with E-state index in [4.69, 9.17) is 0 Å². The van der Waals surface area contributed by atoms with Gasteiger partial charge in [-0.3, -0.25) is 14.6 Å². The van der Waals surface area contributed by atoms with Crippen LogP contribution >= 0.6 is 0 Å². The average Bonchev–Trinajstić information content (AvgIpc) is 2.83. The van der Waals surface area contributed by atoms with E-state index in [-0.39, 0.29) is 35.9 Å². The zero-order chi connectivity index (χ0) is 22.5. The molecule has 0 saturated carbocycles. The summed E-state index contributed by atoms with van der Waals surface area (Å²) in [4.78, 5) is 44.8. The molecule has 0 aliphatic carbocycles. The smallest absolute Gasteiger partial charge is 0.274 e. The van der Waals surface area contributed by atoms with Crippen LogP contribution < -0.4 is 5.32 Å². The van der Waals surface area contributed by atoms with Crippen LogP contribution in [-0.2, 0) is 6.54 Å². The van der Waals surface area contributed by atoms with Crippen LogP contribution in [0.25, 0.3) is 0 Å². The van der Waals surface area contributed by atoms with Gasteiger partial charge in [0.15, 0.2) is 0 Å². The molecule has 0 radical (unpaired) electrons. The summed E-state index contributed by atoms with van der Waals surface area (Å²) in [7, 11) is 0. The van der Waals surface area contributed by atoms with Gasteiger partial charge in [0, 0.05) is 31.7 Å². The van der Waals surface area contributed by atoms with Crippen molar-refractivity contribution in [3.05, 3.63) is 83.2 Å². The number of piperidine rings is 1. The van der Waals surface area contributed by atoms with E-state index in [0.29, 0.717) is 30.0 Å². The summed E-state index contributed by atoms with van der Waals surface area (Å²) in [6, 6.07) is 5.56. The number of nitrogens with zero attached hydrogens (tertiary/aromatic N) is 5. The molecule has 4 rings (SSSR count). The largest absolute Gasteiger partial charge is 0.348 e. The van der Waals surface area contributed by atoms with E-state index in [9.17, 15) is 14.0 Å². The third-order valence-corrected chi connectivity index (χ3v) is 5.41. The van der Waals surface area contributed by atoms with Crippen LogP contribution in [0.15, 0.2) is 49.1 Å². The Morgan fingerprint density at radius 2 is 1.94 bits per heavy atom. The molecule has 8 nitrogen and oxygen atoms in total. The van der Waals surface area contributed by atoms with Crippen molar-refractivity contribution in [1.82, 2.24) is 30.2 Å². The van der Waals surface area contributed by atoms with Crippen LogP contribution in [0.3, 0.4) is 0 Å². The normalized spacial score (nSPS) is 15.9. The lowest BCUT2D eigenvalue weighted by molar-refractivity contribution is 0.0595. The Morgan fingerprint density at radius 1 is 1.12 bits per heavy atom. The molecule has 3 aromatic rings. The van der Waals surface area contributed by atoms with Crippen molar-refractivity contribution < 1.29 is 14.0 Å². The predicted molar refractivity (Wildman–Crippen MR) is 114 cm³/mol. The van der Waals surface area contributed by atoms with E-state index in [1.165, 1.54) is 36.9 Å². The Balaban J connectivity index is 1.60. The number of rotatable bonds is 5. The average molecular weight is 434 g/mol. The molecule has 1 aliphatic rings. The molecule has 32 heavy (non-hydrogen) atoms. The number of likely N-dealkylation sites (tertiary alicyclic amines) is 1. The molecule has 9 heteroatoms. The fraction of sp³-hybridized carbons (Fsp3) is 0.304. The highest BCUT2D eigenvalue weighted by molar-refractivity contribution is 5.96. The SMILES string of the molecule is Cc1ncc(C(=O)NCc2ccc(F)cc2)c([C@H]2CCCCN2C(=O)c2cnccn2)n1. The van der Waals surface area contributed by atoms with Gasteiger partial charge in [-0.2, -0.15) is 0 Å². The van der Waals surface area contributed by atoms with Crippen molar-refractivity contribution in [1.29, 1.82) is 0 Å². The van der Waals surface area contributed by atoms with E-state index in [2.05, 4.69) is 25.3 Å². The first-order chi connectivity index (χ1) is 15.5. The van der Waals surface area contributed by atoms with Gasteiger partial charge in [0.1, 0.15) is 17.3 Å². The minimum atomic E-state index is -0.369. The number of carbonyl (C=O) groups excluding carboxylic acids is 2. The Morgan fingerprint density at radius 3 is 2.69 bits per heavy atom. The van der Waals surface area contributed by atoms with Crippen molar-refractivity contribution in [2.24, 2.45) is 0 Å². The van der Waals surface area contributed by atoms with Crippen molar-refractivity contribution in [3.8, 4) is 0 Å². The molecule has 2 aromatic heterocycles. The van der Waals surface area contributed by atoms with E-state index < -0.39 is 0 Å². The summed E-state index contributed by atoms with van der Waals surface area (Å²) in [5.74, 6) is -0.398. The monoisotopic (exact) mass is 434 g/mol. The van der Waals surface area contributed by atoms with Crippen molar-refractivity contribution in [3.63, 3.8) is 0 Å². The number of nitrogens with one attached hydrogen (secondary N) is 1. The van der Waals surface area contributed by atoms with Crippen LogP contribution in [0.5, 0.6) is 0 Å². The first-order valence-corrected chi connectivity index (χ1v) is 10.5. The summed E-state index contributed by atoms with van der Waals surface area (Å²) in [6.07, 6.45) is 8.39. The van der Waals surface area contributed by atoms with Crippen LogP contribution in [0.2, 0.25) is 0 Å². The molecule has 1 aromatic carbocycles. The lowest BCUT2D eigenvalue weighted by atomic mass is 9.95. The number of halogens is 1. The van der Waals surface area contributed by atoms with Crippen molar-refractivity contribution >= 4 is 11.8 Å². The lowest BCUT2D eigenvalue weighted by Crippen LogP contribution is -2.40. The third kappa shape index (κ3) is 4.77. The van der Waals surface area contributed by atoms with Gasteiger partial charge in [-0.25, -0.2) is 19.3 Å². The summed E-state index contributed by atoms with van der Waals surface area (Å²) in [6.45, 7) is 2.53. The van der Waals surface area contributed by atoms with Gasteiger partial charge in [0.05, 0.1) is 23.5 Å². The lowest BCUT2D eigenvalue weighted by Gasteiger charge is -2.35. The molecule has 0 bridgehead atoms. The van der Waals surface area contributed by atoms with Crippen molar-refractivity contribution in [2.45, 2.75) is 38.8 Å². The number of benzene rings is 1. The minimum Gasteiger partial charge on any atom is -0.348 e. The molecule has 1 N–H and O–H groups in total. The Kier molecular flexibility index (Phi) is 6.44. The molecule has 1 saturated heterocycles. The topological polar surface area (TPSA) is 101 Å². The standard InChI is InChI=1S/C23H23FN6O2/c1-15-27-13-18(22(31)28-12-16-5-7-17(24)8-6-16)21(29-15)20-4-2-3-11-30(20)23(32)19-14-25-9-10-26-19/h5-10,13-14,20H,2-4,11-12H2,1H3,(H,28,31)/t20-/m1/s1. The number of aryl methyl sites for hydroxylation is 1. The van der Waals surface area contributed by atoms with Gasteiger partial charge in [-0.05, 0) is 43.9 Å². The number of amides is 2. The maximum atomic E-state index is 13.1. The summed E-state index contributed by atoms with van der Waals surface area (Å²) < 4.78 is 13.1. The first kappa shape index (κ1) is 21.5. The Hall–Kier alpha value is -3.75. The van der Waals surface area contributed by atoms with Crippen LogP contribution in [0.4, 0.5) is 4.39 Å². The molecule has 164 valence electrons. The van der Waals surface area contributed by atoms with Gasteiger partial charge in [-0.15, -0.1) is 0 Å². The predicted octanol–water partition coefficient (Wildman–Crippen LogP) is 3.01. The van der Waals surface area contributed by atoms with Gasteiger partial charge in [0.2, 0.25) is 0 Å². The van der Waals surface area contributed by atoms with E-state index in [1.54, 1.807) is 24.0 Å². The van der Waals surface area contributed by atoms with Crippen LogP contribution in [0, 0.1) is 12.7 Å². The van der Waals surface area contributed by atoms with Gasteiger partial charge in [-0.1, -0.05) is 12.1 Å². The third-order valence-electron chi connectivity index (χ3n) is 5.41. The van der Waals surface area contributed by atoms with E-state index >= 15 is 0 Å². The minimum absolute atomic E-state index is 0.235. The zero-order valence-corrected chi connectivity index (χ0v) is 17.7. The fourth-order valence-electron chi connectivity index (χ4n) is 3.81. The Bertz CT molecular complexity index is 1110. The molecule has 0 spiro atoms. The number of hydrogen-bond donors (Lipinski definition) is 1. The van der Waals surface area contributed by atoms with E-state index in [1.807, 2.05) is 0 Å². The highest BCUT2D eigenvalue weighted by Gasteiger charge is 2.33. The highest BCUT2D eigenvalue weighted by Crippen LogP contribution is 2.32. The molecule has 1 atom stereocenters. The second kappa shape index (κ2) is 9.59.